The topological polar surface area (TPSA) is 128 Å². The predicted octanol–water partition coefficient (Wildman–Crippen LogP) is 2.64. The normalized spacial score (nSPS) is 21.5. The summed E-state index contributed by atoms with van der Waals surface area (Å²) >= 11 is 1.39. The van der Waals surface area contributed by atoms with Crippen molar-refractivity contribution in [3.8, 4) is 0 Å². The second-order valence-electron chi connectivity index (χ2n) is 11.1. The van der Waals surface area contributed by atoms with Crippen LogP contribution in [0.25, 0.3) is 0 Å². The number of esters is 1. The fraction of sp³-hybridized carbons (Fsp3) is 0.464. The molecular weight excluding hydrogens is 551 g/mol. The summed E-state index contributed by atoms with van der Waals surface area (Å²) in [5.74, 6) is -1.44. The molecule has 1 aromatic carbocycles. The first-order valence-electron chi connectivity index (χ1n) is 13.3. The van der Waals surface area contributed by atoms with Crippen molar-refractivity contribution in [2.45, 2.75) is 32.9 Å². The van der Waals surface area contributed by atoms with Crippen molar-refractivity contribution >= 4 is 35.1 Å². The molecule has 0 aliphatic carbocycles. The zero-order chi connectivity index (χ0) is 29.5. The lowest BCUT2D eigenvalue weighted by atomic mass is 9.92. The highest BCUT2D eigenvalue weighted by atomic mass is 32.1. The maximum atomic E-state index is 14.6. The molecule has 2 fully saturated rings. The summed E-state index contributed by atoms with van der Waals surface area (Å²) < 4.78 is 19.8. The lowest BCUT2D eigenvalue weighted by molar-refractivity contribution is -0.147. The Bertz CT molecular complexity index is 1420. The van der Waals surface area contributed by atoms with Gasteiger partial charge in [-0.05, 0) is 38.0 Å². The van der Waals surface area contributed by atoms with E-state index in [0.29, 0.717) is 60.4 Å². The molecule has 1 aromatic heterocycles. The van der Waals surface area contributed by atoms with E-state index in [1.807, 2.05) is 5.38 Å². The second kappa shape index (κ2) is 11.2. The summed E-state index contributed by atoms with van der Waals surface area (Å²) in [6.07, 6.45) is 1.67. The average Bonchev–Trinajstić information content (AvgIpc) is 3.58. The van der Waals surface area contributed by atoms with E-state index in [0.717, 1.165) is 0 Å². The van der Waals surface area contributed by atoms with Gasteiger partial charge in [0.15, 0.2) is 10.8 Å². The fourth-order valence-corrected chi connectivity index (χ4v) is 6.14. The van der Waals surface area contributed by atoms with Crippen LogP contribution in [0.2, 0.25) is 0 Å². The van der Waals surface area contributed by atoms with Gasteiger partial charge in [0.25, 0.3) is 0 Å². The minimum absolute atomic E-state index is 0.121. The highest BCUT2D eigenvalue weighted by molar-refractivity contribution is 7.11. The number of amidine groups is 1. The Labute approximate surface area is 241 Å². The Balaban J connectivity index is 1.44. The zero-order valence-corrected chi connectivity index (χ0v) is 24.2. The van der Waals surface area contributed by atoms with Gasteiger partial charge in [-0.2, -0.15) is 0 Å². The largest absolute Gasteiger partial charge is 0.481 e. The number of nitrogens with zero attached hydrogens (tertiary/aromatic N) is 5. The summed E-state index contributed by atoms with van der Waals surface area (Å²) in [7, 11) is 1.30. The number of urea groups is 1. The number of hydrogen-bond donors (Lipinski definition) is 2. The van der Waals surface area contributed by atoms with Crippen molar-refractivity contribution in [2.24, 2.45) is 10.4 Å². The van der Waals surface area contributed by atoms with Crippen LogP contribution in [-0.2, 0) is 14.3 Å². The summed E-state index contributed by atoms with van der Waals surface area (Å²) in [6, 6.07) is 3.64. The third kappa shape index (κ3) is 5.55. The second-order valence-corrected chi connectivity index (χ2v) is 12.0. The van der Waals surface area contributed by atoms with E-state index < -0.39 is 29.2 Å². The molecule has 2 unspecified atom stereocenters. The summed E-state index contributed by atoms with van der Waals surface area (Å²) in [5, 5.41) is 15.3. The number of thiazole rings is 1. The highest BCUT2D eigenvalue weighted by Gasteiger charge is 2.44. The molecule has 4 heterocycles. The molecule has 0 bridgehead atoms. The number of carboxylic acids is 1. The molecule has 2 amide bonds. The number of carboxylic acid groups (broad SMARTS) is 1. The molecule has 13 heteroatoms. The van der Waals surface area contributed by atoms with E-state index in [1.165, 1.54) is 24.5 Å². The van der Waals surface area contributed by atoms with E-state index in [2.05, 4.69) is 15.2 Å². The standard InChI is InChI=1S/C28H33FN6O5S/c1-16-18(6-5-7-19(16)29)22-21(25(36)40-4)20(31-23(32-22)24-30-8-11-41-24)14-33-9-10-35-17(12-33)13-34(27(35)39)15-28(2,3)26(37)38/h5-8,11,17,22H,9-10,12-15H2,1-4H3,(H,31,32)(H,37,38). The van der Waals surface area contributed by atoms with Crippen molar-refractivity contribution in [1.29, 1.82) is 0 Å². The van der Waals surface area contributed by atoms with Crippen molar-refractivity contribution in [1.82, 2.24) is 25.0 Å². The Hall–Kier alpha value is -3.84. The molecule has 2 atom stereocenters. The van der Waals surface area contributed by atoms with Crippen LogP contribution in [0.15, 0.2) is 46.0 Å². The van der Waals surface area contributed by atoms with Gasteiger partial charge in [0.05, 0.1) is 24.1 Å². The van der Waals surface area contributed by atoms with Crippen LogP contribution in [0.4, 0.5) is 9.18 Å². The molecule has 3 aliphatic heterocycles. The first-order chi connectivity index (χ1) is 19.5. The monoisotopic (exact) mass is 584 g/mol. The highest BCUT2D eigenvalue weighted by Crippen LogP contribution is 2.36. The SMILES string of the molecule is COC(=O)C1=C(CN2CCN3C(=O)N(CC(C)(C)C(=O)O)CC3C2)NC(c2nccs2)=NC1c1cccc(F)c1C. The number of benzene rings is 1. The molecule has 2 N–H and O–H groups in total. The van der Waals surface area contributed by atoms with E-state index >= 15 is 0 Å². The van der Waals surface area contributed by atoms with Crippen molar-refractivity contribution in [2.75, 3.05) is 46.4 Å². The Morgan fingerprint density at radius 3 is 2.73 bits per heavy atom. The van der Waals surface area contributed by atoms with Gasteiger partial charge in [-0.1, -0.05) is 12.1 Å². The number of carbonyl (C=O) groups excluding carboxylic acids is 2. The van der Waals surface area contributed by atoms with Crippen LogP contribution in [0.3, 0.4) is 0 Å². The molecule has 2 saturated heterocycles. The van der Waals surface area contributed by atoms with Crippen molar-refractivity contribution < 1.29 is 28.6 Å². The van der Waals surface area contributed by atoms with E-state index in [-0.39, 0.29) is 24.2 Å². The number of methoxy groups -OCH3 is 1. The zero-order valence-electron chi connectivity index (χ0n) is 23.4. The summed E-state index contributed by atoms with van der Waals surface area (Å²) in [5.41, 5.74) is 0.751. The third-order valence-electron chi connectivity index (χ3n) is 7.83. The van der Waals surface area contributed by atoms with Gasteiger partial charge >= 0.3 is 18.0 Å². The van der Waals surface area contributed by atoms with Crippen LogP contribution in [0.5, 0.6) is 0 Å². The van der Waals surface area contributed by atoms with E-state index in [4.69, 9.17) is 9.73 Å². The maximum absolute atomic E-state index is 14.6. The van der Waals surface area contributed by atoms with Crippen molar-refractivity contribution in [3.63, 3.8) is 0 Å². The van der Waals surface area contributed by atoms with E-state index in [1.54, 1.807) is 48.9 Å². The number of aromatic nitrogens is 1. The third-order valence-corrected chi connectivity index (χ3v) is 8.61. The Morgan fingerprint density at radius 1 is 1.27 bits per heavy atom. The van der Waals surface area contributed by atoms with Gasteiger partial charge in [-0.3, -0.25) is 14.7 Å². The van der Waals surface area contributed by atoms with Crippen LogP contribution < -0.4 is 5.32 Å². The Morgan fingerprint density at radius 2 is 2.05 bits per heavy atom. The number of nitrogens with one attached hydrogen (secondary N) is 1. The molecule has 3 aliphatic rings. The van der Waals surface area contributed by atoms with Gasteiger partial charge in [-0.15, -0.1) is 11.3 Å². The van der Waals surface area contributed by atoms with Gasteiger partial charge in [0, 0.05) is 56.5 Å². The number of aliphatic carboxylic acids is 1. The number of halogens is 1. The quantitative estimate of drug-likeness (QED) is 0.454. The molecule has 5 rings (SSSR count). The van der Waals surface area contributed by atoms with Gasteiger partial charge in [0.1, 0.15) is 11.9 Å². The molecule has 218 valence electrons. The first-order valence-corrected chi connectivity index (χ1v) is 14.2. The molecule has 11 nitrogen and oxygen atoms in total. The van der Waals surface area contributed by atoms with Gasteiger partial charge in [-0.25, -0.2) is 19.0 Å². The van der Waals surface area contributed by atoms with Crippen LogP contribution in [-0.4, -0.2) is 101 Å². The number of piperazine rings is 1. The Kier molecular flexibility index (Phi) is 7.84. The molecule has 2 aromatic rings. The summed E-state index contributed by atoms with van der Waals surface area (Å²) in [4.78, 5) is 52.7. The number of rotatable bonds is 8. The molecule has 41 heavy (non-hydrogen) atoms. The number of ether oxygens (including phenoxy) is 1. The smallest absolute Gasteiger partial charge is 0.338 e. The minimum Gasteiger partial charge on any atom is -0.481 e. The molecule has 0 radical (unpaired) electrons. The van der Waals surface area contributed by atoms with E-state index in [9.17, 15) is 23.9 Å². The van der Waals surface area contributed by atoms with Gasteiger partial charge < -0.3 is 25.0 Å². The lowest BCUT2D eigenvalue weighted by Gasteiger charge is -2.38. The minimum atomic E-state index is -1.06. The summed E-state index contributed by atoms with van der Waals surface area (Å²) in [6.45, 7) is 7.30. The van der Waals surface area contributed by atoms with Crippen LogP contribution in [0.1, 0.15) is 36.0 Å². The molecular formula is C28H33FN6O5S. The predicted molar refractivity (Wildman–Crippen MR) is 150 cm³/mol. The first kappa shape index (κ1) is 28.7. The van der Waals surface area contributed by atoms with Gasteiger partial charge in [0.2, 0.25) is 0 Å². The average molecular weight is 585 g/mol. The van der Waals surface area contributed by atoms with Crippen molar-refractivity contribution in [3.05, 3.63) is 63.0 Å². The molecule has 0 saturated carbocycles. The number of carbonyl (C=O) groups is 3. The molecule has 0 spiro atoms. The lowest BCUT2D eigenvalue weighted by Crippen LogP contribution is -2.53. The van der Waals surface area contributed by atoms with Crippen LogP contribution in [0, 0.1) is 18.2 Å². The number of fused-ring (bicyclic) bond motifs is 1. The number of amides is 2. The van der Waals surface area contributed by atoms with Crippen LogP contribution >= 0.6 is 11.3 Å². The fourth-order valence-electron chi connectivity index (χ4n) is 5.55. The number of hydrogen-bond acceptors (Lipinski definition) is 9. The number of aliphatic imine (C=N–C) groups is 1. The maximum Gasteiger partial charge on any atom is 0.338 e.